The number of hydrogen-bond acceptors (Lipinski definition) is 1. The van der Waals surface area contributed by atoms with Crippen LogP contribution in [-0.4, -0.2) is 6.04 Å². The van der Waals surface area contributed by atoms with Gasteiger partial charge in [0.25, 0.3) is 0 Å². The molecule has 0 aromatic heterocycles. The molecule has 90 valence electrons. The molecular weight excluding hydrogens is 206 g/mol. The second-order valence-electron chi connectivity index (χ2n) is 5.39. The molecule has 0 aliphatic heterocycles. The lowest BCUT2D eigenvalue weighted by molar-refractivity contribution is 0.492. The van der Waals surface area contributed by atoms with Gasteiger partial charge >= 0.3 is 0 Å². The summed E-state index contributed by atoms with van der Waals surface area (Å²) in [4.78, 5) is 0. The van der Waals surface area contributed by atoms with Gasteiger partial charge in [0.05, 0.1) is 0 Å². The van der Waals surface area contributed by atoms with Crippen LogP contribution in [0.1, 0.15) is 49.1 Å². The molecule has 0 spiro atoms. The second kappa shape index (κ2) is 4.66. The van der Waals surface area contributed by atoms with Gasteiger partial charge in [0.15, 0.2) is 0 Å². The summed E-state index contributed by atoms with van der Waals surface area (Å²) >= 11 is 0. The van der Waals surface area contributed by atoms with E-state index in [0.717, 1.165) is 0 Å². The van der Waals surface area contributed by atoms with E-state index in [0.29, 0.717) is 5.92 Å². The normalized spacial score (nSPS) is 25.2. The number of fused-ring (bicyclic) bond motifs is 1. The third kappa shape index (κ3) is 2.04. The largest absolute Gasteiger partial charge is 0.324 e. The zero-order chi connectivity index (χ0) is 11.7. The molecule has 2 N–H and O–H groups in total. The minimum atomic E-state index is 0.263. The molecule has 1 nitrogen and oxygen atoms in total. The van der Waals surface area contributed by atoms with Gasteiger partial charge in [-0.25, -0.2) is 0 Å². The number of allylic oxidation sites excluding steroid dienone is 1. The van der Waals surface area contributed by atoms with Crippen molar-refractivity contribution in [2.24, 2.45) is 5.73 Å². The molecule has 2 aliphatic carbocycles. The predicted octanol–water partition coefficient (Wildman–Crippen LogP) is 3.54. The molecular formula is C16H21N. The summed E-state index contributed by atoms with van der Waals surface area (Å²) in [6.07, 6.45) is 9.92. The molecule has 1 aromatic carbocycles. The summed E-state index contributed by atoms with van der Waals surface area (Å²) in [6.45, 7) is 0. The lowest BCUT2D eigenvalue weighted by Crippen LogP contribution is -2.32. The molecule has 17 heavy (non-hydrogen) atoms. The first-order chi connectivity index (χ1) is 8.36. The number of rotatable bonds is 2. The molecule has 0 fully saturated rings. The van der Waals surface area contributed by atoms with Crippen LogP contribution in [0.5, 0.6) is 0 Å². The maximum atomic E-state index is 6.50. The first kappa shape index (κ1) is 11.0. The molecule has 0 saturated carbocycles. The highest BCUT2D eigenvalue weighted by atomic mass is 14.7. The molecule has 0 heterocycles. The monoisotopic (exact) mass is 227 g/mol. The van der Waals surface area contributed by atoms with Gasteiger partial charge in [0.1, 0.15) is 0 Å². The fraction of sp³-hybridized carbons (Fsp3) is 0.500. The van der Waals surface area contributed by atoms with Crippen LogP contribution in [0, 0.1) is 0 Å². The van der Waals surface area contributed by atoms with Crippen molar-refractivity contribution >= 4 is 0 Å². The van der Waals surface area contributed by atoms with Crippen LogP contribution in [0.15, 0.2) is 35.9 Å². The van der Waals surface area contributed by atoms with Crippen molar-refractivity contribution in [1.82, 2.24) is 0 Å². The SMILES string of the molecule is NC(C1=CCCC1)C1CCCc2ccccc21. The van der Waals surface area contributed by atoms with Crippen molar-refractivity contribution in [3.63, 3.8) is 0 Å². The minimum absolute atomic E-state index is 0.263. The summed E-state index contributed by atoms with van der Waals surface area (Å²) in [5.41, 5.74) is 11.0. The Bertz CT molecular complexity index is 433. The van der Waals surface area contributed by atoms with E-state index in [-0.39, 0.29) is 6.04 Å². The minimum Gasteiger partial charge on any atom is -0.324 e. The summed E-state index contributed by atoms with van der Waals surface area (Å²) in [6, 6.07) is 9.14. The maximum absolute atomic E-state index is 6.50. The molecule has 2 atom stereocenters. The summed E-state index contributed by atoms with van der Waals surface area (Å²) < 4.78 is 0. The summed E-state index contributed by atoms with van der Waals surface area (Å²) in [7, 11) is 0. The Balaban J connectivity index is 1.89. The van der Waals surface area contributed by atoms with Gasteiger partial charge < -0.3 is 5.73 Å². The third-order valence-electron chi connectivity index (χ3n) is 4.35. The highest BCUT2D eigenvalue weighted by Gasteiger charge is 2.28. The van der Waals surface area contributed by atoms with Crippen LogP contribution in [0.25, 0.3) is 0 Å². The van der Waals surface area contributed by atoms with Crippen LogP contribution < -0.4 is 5.73 Å². The second-order valence-corrected chi connectivity index (χ2v) is 5.39. The van der Waals surface area contributed by atoms with E-state index in [1.54, 1.807) is 0 Å². The molecule has 3 rings (SSSR count). The Morgan fingerprint density at radius 3 is 2.82 bits per heavy atom. The lowest BCUT2D eigenvalue weighted by atomic mass is 9.77. The highest BCUT2D eigenvalue weighted by molar-refractivity contribution is 5.36. The van der Waals surface area contributed by atoms with E-state index in [1.165, 1.54) is 55.2 Å². The maximum Gasteiger partial charge on any atom is 0.0323 e. The average molecular weight is 227 g/mol. The van der Waals surface area contributed by atoms with Crippen LogP contribution in [0.4, 0.5) is 0 Å². The third-order valence-corrected chi connectivity index (χ3v) is 4.35. The molecule has 0 amide bonds. The van der Waals surface area contributed by atoms with E-state index >= 15 is 0 Å². The molecule has 0 bridgehead atoms. The zero-order valence-electron chi connectivity index (χ0n) is 10.4. The average Bonchev–Trinajstić information content (AvgIpc) is 2.91. The van der Waals surface area contributed by atoms with E-state index in [9.17, 15) is 0 Å². The van der Waals surface area contributed by atoms with Gasteiger partial charge in [0.2, 0.25) is 0 Å². The highest BCUT2D eigenvalue weighted by Crippen LogP contribution is 2.37. The summed E-state index contributed by atoms with van der Waals surface area (Å²) in [5, 5.41) is 0. The molecule has 1 aromatic rings. The van der Waals surface area contributed by atoms with Crippen LogP contribution in [0.2, 0.25) is 0 Å². The van der Waals surface area contributed by atoms with Crippen molar-refractivity contribution in [3.05, 3.63) is 47.0 Å². The first-order valence-electron chi connectivity index (χ1n) is 6.88. The molecule has 0 radical (unpaired) electrons. The first-order valence-corrected chi connectivity index (χ1v) is 6.88. The fourth-order valence-corrected chi connectivity index (χ4v) is 3.42. The van der Waals surface area contributed by atoms with E-state index < -0.39 is 0 Å². The van der Waals surface area contributed by atoms with Crippen LogP contribution >= 0.6 is 0 Å². The number of benzene rings is 1. The topological polar surface area (TPSA) is 26.0 Å². The molecule has 2 unspecified atom stereocenters. The van der Waals surface area contributed by atoms with Gasteiger partial charge in [-0.2, -0.15) is 0 Å². The van der Waals surface area contributed by atoms with E-state index in [4.69, 9.17) is 5.73 Å². The molecule has 0 saturated heterocycles. The van der Waals surface area contributed by atoms with Crippen molar-refractivity contribution < 1.29 is 0 Å². The van der Waals surface area contributed by atoms with Crippen LogP contribution in [-0.2, 0) is 6.42 Å². The molecule has 2 aliphatic rings. The van der Waals surface area contributed by atoms with Gasteiger partial charge in [-0.1, -0.05) is 35.9 Å². The van der Waals surface area contributed by atoms with Crippen LogP contribution in [0.3, 0.4) is 0 Å². The number of hydrogen-bond donors (Lipinski definition) is 1. The number of nitrogens with two attached hydrogens (primary N) is 1. The Morgan fingerprint density at radius 1 is 1.12 bits per heavy atom. The van der Waals surface area contributed by atoms with E-state index in [1.807, 2.05) is 0 Å². The Kier molecular flexibility index (Phi) is 3.02. The predicted molar refractivity (Wildman–Crippen MR) is 72.0 cm³/mol. The van der Waals surface area contributed by atoms with Crippen molar-refractivity contribution in [1.29, 1.82) is 0 Å². The van der Waals surface area contributed by atoms with Crippen molar-refractivity contribution in [2.75, 3.05) is 0 Å². The van der Waals surface area contributed by atoms with Crippen molar-refractivity contribution in [3.8, 4) is 0 Å². The Labute approximate surface area is 104 Å². The smallest absolute Gasteiger partial charge is 0.0323 e. The molecule has 1 heteroatoms. The quantitative estimate of drug-likeness (QED) is 0.768. The lowest BCUT2D eigenvalue weighted by Gasteiger charge is -2.31. The zero-order valence-corrected chi connectivity index (χ0v) is 10.4. The number of aryl methyl sites for hydroxylation is 1. The van der Waals surface area contributed by atoms with Crippen molar-refractivity contribution in [2.45, 2.75) is 50.5 Å². The van der Waals surface area contributed by atoms with Gasteiger partial charge in [0, 0.05) is 12.0 Å². The van der Waals surface area contributed by atoms with Gasteiger partial charge in [-0.3, -0.25) is 0 Å². The summed E-state index contributed by atoms with van der Waals surface area (Å²) in [5.74, 6) is 0.560. The van der Waals surface area contributed by atoms with Gasteiger partial charge in [-0.15, -0.1) is 0 Å². The Morgan fingerprint density at radius 2 is 2.00 bits per heavy atom. The standard InChI is InChI=1S/C16H21N/c17-16(13-7-1-2-8-13)15-11-5-9-12-6-3-4-10-14(12)15/h3-4,6-7,10,15-16H,1-2,5,8-9,11,17H2. The Hall–Kier alpha value is -1.08. The van der Waals surface area contributed by atoms with Gasteiger partial charge in [-0.05, 0) is 49.7 Å². The fourth-order valence-electron chi connectivity index (χ4n) is 3.42. The van der Waals surface area contributed by atoms with E-state index in [2.05, 4.69) is 30.3 Å².